The van der Waals surface area contributed by atoms with Gasteiger partial charge in [0.15, 0.2) is 9.84 Å². The van der Waals surface area contributed by atoms with Gasteiger partial charge in [0, 0.05) is 10.4 Å². The van der Waals surface area contributed by atoms with Crippen LogP contribution in [0.4, 0.5) is 9.80 Å². The first-order valence-electron chi connectivity index (χ1n) is 10.9. The maximum Gasteiger partial charge on any atom is 0.414 e. The second-order valence-electron chi connectivity index (χ2n) is 8.02. The Labute approximate surface area is 197 Å². The van der Waals surface area contributed by atoms with Crippen LogP contribution in [0, 0.1) is 0 Å². The van der Waals surface area contributed by atoms with Crippen molar-refractivity contribution in [1.29, 1.82) is 0 Å². The van der Waals surface area contributed by atoms with Gasteiger partial charge in [-0.25, -0.2) is 13.2 Å². The molecule has 1 aliphatic rings. The highest BCUT2D eigenvalue weighted by Crippen LogP contribution is 2.38. The molecule has 1 heterocycles. The van der Waals surface area contributed by atoms with Crippen molar-refractivity contribution in [3.8, 4) is 0 Å². The summed E-state index contributed by atoms with van der Waals surface area (Å²) < 4.78 is 29.8. The fourth-order valence-corrected chi connectivity index (χ4v) is 6.04. The maximum absolute atomic E-state index is 13.0. The molecule has 10 heteroatoms. The van der Waals surface area contributed by atoms with Gasteiger partial charge >= 0.3 is 6.09 Å². The standard InChI is InChI=1S/C23H28N2O6S2/c1-4-31-23(28)25-21(27)19-17-11-6-5-7-12-18(17)32-22(19)24-20(26)15-9-8-10-16(13-15)33(29,30)14(2)3/h8-10,13-14H,4-7,11-12H2,1-3H3,(H,24,26)(H,25,27,28). The predicted octanol–water partition coefficient (Wildman–Crippen LogP) is 4.34. The molecule has 2 N–H and O–H groups in total. The van der Waals surface area contributed by atoms with Gasteiger partial charge in [0.2, 0.25) is 0 Å². The largest absolute Gasteiger partial charge is 0.450 e. The topological polar surface area (TPSA) is 119 Å². The predicted molar refractivity (Wildman–Crippen MR) is 127 cm³/mol. The third-order valence-corrected chi connectivity index (χ3v) is 8.77. The number of ether oxygens (including phenoxy) is 1. The van der Waals surface area contributed by atoms with Gasteiger partial charge in [-0.15, -0.1) is 11.3 Å². The van der Waals surface area contributed by atoms with E-state index in [1.807, 2.05) is 0 Å². The van der Waals surface area contributed by atoms with E-state index in [2.05, 4.69) is 10.6 Å². The Bertz CT molecular complexity index is 1170. The van der Waals surface area contributed by atoms with Gasteiger partial charge in [-0.2, -0.15) is 0 Å². The minimum absolute atomic E-state index is 0.0624. The van der Waals surface area contributed by atoms with E-state index >= 15 is 0 Å². The van der Waals surface area contributed by atoms with Gasteiger partial charge in [0.1, 0.15) is 5.00 Å². The molecule has 0 atom stereocenters. The van der Waals surface area contributed by atoms with E-state index in [0.29, 0.717) is 11.4 Å². The van der Waals surface area contributed by atoms with Crippen LogP contribution < -0.4 is 10.6 Å². The first-order valence-corrected chi connectivity index (χ1v) is 13.3. The number of carbonyl (C=O) groups is 3. The van der Waals surface area contributed by atoms with Crippen LogP contribution >= 0.6 is 11.3 Å². The highest BCUT2D eigenvalue weighted by molar-refractivity contribution is 7.92. The molecule has 3 rings (SSSR count). The second kappa shape index (κ2) is 10.5. The van der Waals surface area contributed by atoms with Crippen molar-refractivity contribution in [2.45, 2.75) is 63.0 Å². The first-order chi connectivity index (χ1) is 15.6. The average molecular weight is 493 g/mol. The molecule has 2 aromatic rings. The smallest absolute Gasteiger partial charge is 0.414 e. The van der Waals surface area contributed by atoms with Crippen LogP contribution in [0.25, 0.3) is 0 Å². The summed E-state index contributed by atoms with van der Waals surface area (Å²) in [6.45, 7) is 4.92. The van der Waals surface area contributed by atoms with Crippen molar-refractivity contribution in [2.75, 3.05) is 11.9 Å². The van der Waals surface area contributed by atoms with Crippen LogP contribution in [0.1, 0.15) is 71.2 Å². The van der Waals surface area contributed by atoms with Crippen LogP contribution in [0.3, 0.4) is 0 Å². The van der Waals surface area contributed by atoms with Gasteiger partial charge in [0.05, 0.1) is 22.3 Å². The number of carbonyl (C=O) groups excluding carboxylic acids is 3. The number of fused-ring (bicyclic) bond motifs is 1. The summed E-state index contributed by atoms with van der Waals surface area (Å²) in [5.74, 6) is -1.16. The molecule has 3 amide bonds. The molecule has 0 aliphatic heterocycles. The zero-order valence-corrected chi connectivity index (χ0v) is 20.5. The second-order valence-corrected chi connectivity index (χ2v) is 11.6. The zero-order chi connectivity index (χ0) is 24.2. The van der Waals surface area contributed by atoms with Crippen molar-refractivity contribution < 1.29 is 27.5 Å². The molecule has 0 fully saturated rings. The lowest BCUT2D eigenvalue weighted by Crippen LogP contribution is -2.32. The monoisotopic (exact) mass is 492 g/mol. The first kappa shape index (κ1) is 24.9. The van der Waals surface area contributed by atoms with Crippen LogP contribution in [-0.4, -0.2) is 38.2 Å². The van der Waals surface area contributed by atoms with Crippen LogP contribution in [0.2, 0.25) is 0 Å². The molecule has 1 aromatic heterocycles. The Hall–Kier alpha value is -2.72. The third-order valence-electron chi connectivity index (χ3n) is 5.41. The van der Waals surface area contributed by atoms with Crippen molar-refractivity contribution in [2.24, 2.45) is 0 Å². The number of rotatable bonds is 6. The summed E-state index contributed by atoms with van der Waals surface area (Å²) >= 11 is 1.32. The normalized spacial score (nSPS) is 13.7. The quantitative estimate of drug-likeness (QED) is 0.579. The Kier molecular flexibility index (Phi) is 7.91. The van der Waals surface area contributed by atoms with Gasteiger partial charge in [-0.3, -0.25) is 14.9 Å². The number of amides is 3. The number of hydrogen-bond donors (Lipinski definition) is 2. The lowest BCUT2D eigenvalue weighted by atomic mass is 10.0. The Morgan fingerprint density at radius 2 is 1.82 bits per heavy atom. The maximum atomic E-state index is 13.0. The van der Waals surface area contributed by atoms with Gasteiger partial charge < -0.3 is 10.1 Å². The highest BCUT2D eigenvalue weighted by Gasteiger charge is 2.28. The molecule has 178 valence electrons. The summed E-state index contributed by atoms with van der Waals surface area (Å²) in [5.41, 5.74) is 1.27. The molecule has 8 nitrogen and oxygen atoms in total. The number of imide groups is 1. The number of sulfone groups is 1. The molecule has 0 saturated heterocycles. The Balaban J connectivity index is 1.94. The molecule has 0 radical (unpaired) electrons. The molecule has 1 aliphatic carbocycles. The Morgan fingerprint density at radius 3 is 2.52 bits per heavy atom. The average Bonchev–Trinajstić information content (AvgIpc) is 2.94. The molecule has 1 aromatic carbocycles. The van der Waals surface area contributed by atoms with E-state index in [1.54, 1.807) is 20.8 Å². The number of anilines is 1. The number of hydrogen-bond acceptors (Lipinski definition) is 7. The minimum atomic E-state index is -3.55. The number of aryl methyl sites for hydroxylation is 1. The van der Waals surface area contributed by atoms with Crippen molar-refractivity contribution in [3.63, 3.8) is 0 Å². The van der Waals surface area contributed by atoms with E-state index in [0.717, 1.165) is 36.1 Å². The molecular formula is C23H28N2O6S2. The van der Waals surface area contributed by atoms with E-state index in [4.69, 9.17) is 4.74 Å². The van der Waals surface area contributed by atoms with E-state index in [-0.39, 0.29) is 22.6 Å². The zero-order valence-electron chi connectivity index (χ0n) is 18.9. The van der Waals surface area contributed by atoms with Crippen LogP contribution in [-0.2, 0) is 27.4 Å². The lowest BCUT2D eigenvalue weighted by molar-refractivity contribution is 0.0925. The SMILES string of the molecule is CCOC(=O)NC(=O)c1c(NC(=O)c2cccc(S(=O)(=O)C(C)C)c2)sc2c1CCCCC2. The molecule has 33 heavy (non-hydrogen) atoms. The number of nitrogens with one attached hydrogen (secondary N) is 2. The highest BCUT2D eigenvalue weighted by atomic mass is 32.2. The van der Waals surface area contributed by atoms with Crippen LogP contribution in [0.5, 0.6) is 0 Å². The Morgan fingerprint density at radius 1 is 1.09 bits per heavy atom. The molecular weight excluding hydrogens is 464 g/mol. The summed E-state index contributed by atoms with van der Waals surface area (Å²) in [6.07, 6.45) is 3.55. The van der Waals surface area contributed by atoms with Crippen molar-refractivity contribution in [1.82, 2.24) is 5.32 Å². The molecule has 0 spiro atoms. The van der Waals surface area contributed by atoms with Crippen molar-refractivity contribution in [3.05, 3.63) is 45.8 Å². The fourth-order valence-electron chi connectivity index (χ4n) is 3.66. The lowest BCUT2D eigenvalue weighted by Gasteiger charge is -2.11. The molecule has 0 bridgehead atoms. The van der Waals surface area contributed by atoms with Crippen molar-refractivity contribution >= 4 is 44.1 Å². The number of thiophene rings is 1. The number of alkyl carbamates (subject to hydrolysis) is 1. The van der Waals surface area contributed by atoms with Crippen LogP contribution in [0.15, 0.2) is 29.2 Å². The summed E-state index contributed by atoms with van der Waals surface area (Å²) in [7, 11) is -3.55. The number of benzene rings is 1. The van der Waals surface area contributed by atoms with E-state index in [1.165, 1.54) is 35.6 Å². The van der Waals surface area contributed by atoms with Gasteiger partial charge in [0.25, 0.3) is 11.8 Å². The third kappa shape index (κ3) is 5.62. The molecule has 0 saturated carbocycles. The summed E-state index contributed by atoms with van der Waals surface area (Å²) in [6, 6.07) is 5.83. The van der Waals surface area contributed by atoms with Gasteiger partial charge in [-0.1, -0.05) is 12.5 Å². The van der Waals surface area contributed by atoms with E-state index < -0.39 is 33.0 Å². The summed E-state index contributed by atoms with van der Waals surface area (Å²) in [5, 5.41) is 4.71. The molecule has 0 unspecified atom stereocenters. The van der Waals surface area contributed by atoms with Gasteiger partial charge in [-0.05, 0) is 70.2 Å². The summed E-state index contributed by atoms with van der Waals surface area (Å²) in [4.78, 5) is 38.9. The fraction of sp³-hybridized carbons (Fsp3) is 0.435. The minimum Gasteiger partial charge on any atom is -0.450 e. The van der Waals surface area contributed by atoms with E-state index in [9.17, 15) is 22.8 Å².